The molecule has 92 valence electrons. The van der Waals surface area contributed by atoms with Gasteiger partial charge >= 0.3 is 0 Å². The van der Waals surface area contributed by atoms with Crippen molar-refractivity contribution in [2.75, 3.05) is 13.7 Å². The van der Waals surface area contributed by atoms with E-state index in [1.807, 2.05) is 6.07 Å². The van der Waals surface area contributed by atoms with Crippen LogP contribution in [0.2, 0.25) is 0 Å². The van der Waals surface area contributed by atoms with Crippen LogP contribution in [0.1, 0.15) is 25.8 Å². The number of nitriles is 1. The third kappa shape index (κ3) is 4.75. The summed E-state index contributed by atoms with van der Waals surface area (Å²) in [6.07, 6.45) is 0.520. The van der Waals surface area contributed by atoms with Gasteiger partial charge in [0, 0.05) is 12.5 Å². The second kappa shape index (κ2) is 5.55. The summed E-state index contributed by atoms with van der Waals surface area (Å²) in [6, 6.07) is 7.04. The molecule has 4 heteroatoms. The molecule has 1 aromatic rings. The van der Waals surface area contributed by atoms with Crippen LogP contribution in [-0.4, -0.2) is 24.4 Å². The van der Waals surface area contributed by atoms with Crippen LogP contribution in [0.15, 0.2) is 18.2 Å². The summed E-state index contributed by atoms with van der Waals surface area (Å²) in [6.45, 7) is 3.84. The third-order valence-corrected chi connectivity index (χ3v) is 2.23. The lowest BCUT2D eigenvalue weighted by Crippen LogP contribution is -2.21. The number of aliphatic hydroxyl groups is 1. The predicted octanol–water partition coefficient (Wildman–Crippen LogP) is 2.11. The first kappa shape index (κ1) is 13.3. The van der Waals surface area contributed by atoms with E-state index in [4.69, 9.17) is 14.7 Å². The molecule has 0 atom stereocenters. The van der Waals surface area contributed by atoms with Crippen LogP contribution in [0.5, 0.6) is 11.5 Å². The molecular weight excluding hydrogens is 218 g/mol. The fourth-order valence-electron chi connectivity index (χ4n) is 1.26. The zero-order valence-corrected chi connectivity index (χ0v) is 10.4. The minimum absolute atomic E-state index is 0.390. The number of benzene rings is 1. The summed E-state index contributed by atoms with van der Waals surface area (Å²) in [5, 5.41) is 18.4. The van der Waals surface area contributed by atoms with Crippen molar-refractivity contribution in [2.24, 2.45) is 0 Å². The lowest BCUT2D eigenvalue weighted by molar-refractivity contribution is 0.0553. The van der Waals surface area contributed by atoms with Crippen LogP contribution >= 0.6 is 0 Å². The summed E-state index contributed by atoms with van der Waals surface area (Å²) < 4.78 is 10.5. The summed E-state index contributed by atoms with van der Waals surface area (Å²) in [7, 11) is 1.54. The predicted molar refractivity (Wildman–Crippen MR) is 64.1 cm³/mol. The summed E-state index contributed by atoms with van der Waals surface area (Å²) in [4.78, 5) is 0. The lowest BCUT2D eigenvalue weighted by Gasteiger charge is -2.17. The highest BCUT2D eigenvalue weighted by molar-refractivity contribution is 5.43. The fourth-order valence-corrected chi connectivity index (χ4v) is 1.26. The minimum Gasteiger partial charge on any atom is -0.497 e. The van der Waals surface area contributed by atoms with Gasteiger partial charge in [0.05, 0.1) is 31.0 Å². The topological polar surface area (TPSA) is 62.5 Å². The Balaban J connectivity index is 2.68. The normalized spacial score (nSPS) is 10.8. The highest BCUT2D eigenvalue weighted by Crippen LogP contribution is 2.22. The standard InChI is InChI=1S/C13H17NO3/c1-13(2,15)4-5-17-12-7-10(9-14)6-11(8-12)16-3/h6-8,15H,4-5H2,1-3H3. The molecule has 0 bridgehead atoms. The molecule has 4 nitrogen and oxygen atoms in total. The fraction of sp³-hybridized carbons (Fsp3) is 0.462. The molecule has 0 aliphatic rings. The second-order valence-corrected chi connectivity index (χ2v) is 4.42. The Labute approximate surface area is 101 Å². The number of methoxy groups -OCH3 is 1. The Hall–Kier alpha value is -1.73. The van der Waals surface area contributed by atoms with Crippen molar-refractivity contribution in [3.63, 3.8) is 0 Å². The maximum Gasteiger partial charge on any atom is 0.124 e. The number of rotatable bonds is 5. The zero-order chi connectivity index (χ0) is 12.9. The molecular formula is C13H17NO3. The molecule has 0 unspecified atom stereocenters. The molecule has 1 aromatic carbocycles. The molecule has 0 aliphatic heterocycles. The van der Waals surface area contributed by atoms with Crippen molar-refractivity contribution >= 4 is 0 Å². The quantitative estimate of drug-likeness (QED) is 0.849. The molecule has 0 fully saturated rings. The molecule has 0 spiro atoms. The van der Waals surface area contributed by atoms with Gasteiger partial charge in [-0.05, 0) is 26.0 Å². The number of hydrogen-bond acceptors (Lipinski definition) is 4. The van der Waals surface area contributed by atoms with Crippen LogP contribution < -0.4 is 9.47 Å². The lowest BCUT2D eigenvalue weighted by atomic mass is 10.1. The number of nitrogens with zero attached hydrogens (tertiary/aromatic N) is 1. The van der Waals surface area contributed by atoms with E-state index in [0.29, 0.717) is 30.1 Å². The van der Waals surface area contributed by atoms with Crippen molar-refractivity contribution in [3.05, 3.63) is 23.8 Å². The van der Waals surface area contributed by atoms with E-state index in [2.05, 4.69) is 0 Å². The molecule has 0 saturated heterocycles. The van der Waals surface area contributed by atoms with Gasteiger partial charge in [-0.1, -0.05) is 0 Å². The van der Waals surface area contributed by atoms with Gasteiger partial charge in [0.15, 0.2) is 0 Å². The molecule has 0 saturated carbocycles. The van der Waals surface area contributed by atoms with Crippen LogP contribution in [0.25, 0.3) is 0 Å². The van der Waals surface area contributed by atoms with Gasteiger partial charge in [0.25, 0.3) is 0 Å². The number of hydrogen-bond donors (Lipinski definition) is 1. The molecule has 0 radical (unpaired) electrons. The van der Waals surface area contributed by atoms with Gasteiger partial charge in [-0.15, -0.1) is 0 Å². The largest absolute Gasteiger partial charge is 0.497 e. The maximum absolute atomic E-state index is 9.54. The first-order chi connectivity index (χ1) is 7.94. The number of ether oxygens (including phenoxy) is 2. The summed E-state index contributed by atoms with van der Waals surface area (Å²) >= 11 is 0. The molecule has 0 heterocycles. The van der Waals surface area contributed by atoms with Crippen molar-refractivity contribution in [3.8, 4) is 17.6 Å². The van der Waals surface area contributed by atoms with Crippen LogP contribution in [0, 0.1) is 11.3 Å². The molecule has 1 rings (SSSR count). The first-order valence-corrected chi connectivity index (χ1v) is 5.39. The van der Waals surface area contributed by atoms with E-state index in [9.17, 15) is 5.11 Å². The highest BCUT2D eigenvalue weighted by Gasteiger charge is 2.12. The zero-order valence-electron chi connectivity index (χ0n) is 10.4. The average Bonchev–Trinajstić information content (AvgIpc) is 2.26. The van der Waals surface area contributed by atoms with E-state index in [-0.39, 0.29) is 0 Å². The third-order valence-electron chi connectivity index (χ3n) is 2.23. The second-order valence-electron chi connectivity index (χ2n) is 4.42. The van der Waals surface area contributed by atoms with E-state index in [0.717, 1.165) is 0 Å². The summed E-state index contributed by atoms with van der Waals surface area (Å²) in [5.74, 6) is 1.16. The minimum atomic E-state index is -0.753. The Bertz CT molecular complexity index is 416. The molecule has 0 aliphatic carbocycles. The van der Waals surface area contributed by atoms with Gasteiger partial charge in [0.1, 0.15) is 11.5 Å². The van der Waals surface area contributed by atoms with Gasteiger partial charge < -0.3 is 14.6 Å². The van der Waals surface area contributed by atoms with Gasteiger partial charge in [-0.2, -0.15) is 5.26 Å². The van der Waals surface area contributed by atoms with E-state index >= 15 is 0 Å². The van der Waals surface area contributed by atoms with Gasteiger partial charge in [0.2, 0.25) is 0 Å². The Morgan fingerprint density at radius 3 is 2.47 bits per heavy atom. The van der Waals surface area contributed by atoms with E-state index in [1.165, 1.54) is 7.11 Å². The van der Waals surface area contributed by atoms with Crippen LogP contribution in [-0.2, 0) is 0 Å². The van der Waals surface area contributed by atoms with Crippen molar-refractivity contribution < 1.29 is 14.6 Å². The summed E-state index contributed by atoms with van der Waals surface area (Å²) in [5.41, 5.74) is -0.265. The smallest absolute Gasteiger partial charge is 0.124 e. The maximum atomic E-state index is 9.54. The molecule has 1 N–H and O–H groups in total. The average molecular weight is 235 g/mol. The van der Waals surface area contributed by atoms with E-state index < -0.39 is 5.60 Å². The van der Waals surface area contributed by atoms with Gasteiger partial charge in [-0.3, -0.25) is 0 Å². The monoisotopic (exact) mass is 235 g/mol. The van der Waals surface area contributed by atoms with Crippen LogP contribution in [0.3, 0.4) is 0 Å². The Morgan fingerprint density at radius 2 is 1.94 bits per heavy atom. The highest BCUT2D eigenvalue weighted by atomic mass is 16.5. The molecule has 0 aromatic heterocycles. The SMILES string of the molecule is COc1cc(C#N)cc(OCCC(C)(C)O)c1. The van der Waals surface area contributed by atoms with Crippen molar-refractivity contribution in [1.29, 1.82) is 5.26 Å². The van der Waals surface area contributed by atoms with E-state index in [1.54, 1.807) is 32.0 Å². The molecule has 0 amide bonds. The van der Waals surface area contributed by atoms with Gasteiger partial charge in [-0.25, -0.2) is 0 Å². The molecule has 17 heavy (non-hydrogen) atoms. The Morgan fingerprint density at radius 1 is 1.29 bits per heavy atom. The first-order valence-electron chi connectivity index (χ1n) is 5.39. The van der Waals surface area contributed by atoms with Crippen molar-refractivity contribution in [2.45, 2.75) is 25.9 Å². The Kier molecular flexibility index (Phi) is 4.36. The van der Waals surface area contributed by atoms with Crippen LogP contribution in [0.4, 0.5) is 0 Å². The van der Waals surface area contributed by atoms with Crippen molar-refractivity contribution in [1.82, 2.24) is 0 Å².